The molecule has 3 rings (SSSR count). The predicted octanol–water partition coefficient (Wildman–Crippen LogP) is 3.36. The van der Waals surface area contributed by atoms with Crippen molar-refractivity contribution < 1.29 is 23.1 Å². The van der Waals surface area contributed by atoms with Crippen molar-refractivity contribution in [2.75, 3.05) is 11.9 Å². The predicted molar refractivity (Wildman–Crippen MR) is 87.3 cm³/mol. The van der Waals surface area contributed by atoms with Crippen LogP contribution in [0, 0.1) is 0 Å². The molecule has 0 heterocycles. The van der Waals surface area contributed by atoms with Gasteiger partial charge in [0.15, 0.2) is 0 Å². The van der Waals surface area contributed by atoms with Crippen LogP contribution in [0.3, 0.4) is 0 Å². The fourth-order valence-corrected chi connectivity index (χ4v) is 2.99. The van der Waals surface area contributed by atoms with E-state index >= 15 is 0 Å². The number of amides is 2. The van der Waals surface area contributed by atoms with Crippen molar-refractivity contribution in [2.45, 2.75) is 24.6 Å². The van der Waals surface area contributed by atoms with Crippen LogP contribution in [0.4, 0.5) is 23.7 Å². The molecule has 0 fully saturated rings. The van der Waals surface area contributed by atoms with Crippen LogP contribution in [0.25, 0.3) is 0 Å². The molecule has 1 aliphatic rings. The molecule has 0 atom stereocenters. The van der Waals surface area contributed by atoms with E-state index in [1.165, 1.54) is 12.1 Å². The average Bonchev–Trinajstić information content (AvgIpc) is 2.89. The fourth-order valence-electron chi connectivity index (χ4n) is 2.99. The normalized spacial score (nSPS) is 15.5. The van der Waals surface area contributed by atoms with Crippen molar-refractivity contribution in [3.63, 3.8) is 0 Å². The Kier molecular flexibility index (Phi) is 4.43. The first-order valence-electron chi connectivity index (χ1n) is 7.76. The molecule has 1 aliphatic carbocycles. The molecule has 2 aromatic rings. The molecule has 2 aromatic carbocycles. The van der Waals surface area contributed by atoms with E-state index in [2.05, 4.69) is 10.6 Å². The molecular weight excluding hydrogens is 333 g/mol. The maximum Gasteiger partial charge on any atom is 0.416 e. The number of rotatable bonds is 3. The summed E-state index contributed by atoms with van der Waals surface area (Å²) in [4.78, 5) is 11.9. The lowest BCUT2D eigenvalue weighted by molar-refractivity contribution is -0.137. The highest BCUT2D eigenvalue weighted by atomic mass is 19.4. The van der Waals surface area contributed by atoms with Gasteiger partial charge in [-0.25, -0.2) is 4.79 Å². The van der Waals surface area contributed by atoms with Crippen molar-refractivity contribution >= 4 is 11.7 Å². The molecule has 4 nitrogen and oxygen atoms in total. The van der Waals surface area contributed by atoms with Crippen molar-refractivity contribution in [3.8, 4) is 0 Å². The summed E-state index contributed by atoms with van der Waals surface area (Å²) in [5.74, 6) is 0. The molecule has 132 valence electrons. The highest BCUT2D eigenvalue weighted by molar-refractivity contribution is 5.89. The van der Waals surface area contributed by atoms with Gasteiger partial charge in [-0.05, 0) is 29.3 Å². The first kappa shape index (κ1) is 17.3. The SMILES string of the molecule is O=C(NCC1(O)Cc2ccccc2C1)Nc1cccc(C(F)(F)F)c1. The lowest BCUT2D eigenvalue weighted by Crippen LogP contribution is -2.45. The molecule has 25 heavy (non-hydrogen) atoms. The zero-order valence-electron chi connectivity index (χ0n) is 13.2. The van der Waals surface area contributed by atoms with E-state index in [1.807, 2.05) is 24.3 Å². The van der Waals surface area contributed by atoms with Crippen molar-refractivity contribution in [2.24, 2.45) is 0 Å². The Balaban J connectivity index is 1.57. The molecule has 0 aromatic heterocycles. The number of carbonyl (C=O) groups is 1. The summed E-state index contributed by atoms with van der Waals surface area (Å²) >= 11 is 0. The van der Waals surface area contributed by atoms with Crippen molar-refractivity contribution in [1.82, 2.24) is 5.32 Å². The largest absolute Gasteiger partial charge is 0.416 e. The van der Waals surface area contributed by atoms with E-state index in [9.17, 15) is 23.1 Å². The van der Waals surface area contributed by atoms with Gasteiger partial charge in [-0.1, -0.05) is 30.3 Å². The van der Waals surface area contributed by atoms with Crippen molar-refractivity contribution in [1.29, 1.82) is 0 Å². The van der Waals surface area contributed by atoms with Gasteiger partial charge in [0.25, 0.3) is 0 Å². The van der Waals surface area contributed by atoms with Gasteiger partial charge in [0.1, 0.15) is 0 Å². The van der Waals surface area contributed by atoms with Gasteiger partial charge in [0.05, 0.1) is 11.2 Å². The lowest BCUT2D eigenvalue weighted by atomic mass is 10.0. The number of hydrogen-bond donors (Lipinski definition) is 3. The summed E-state index contributed by atoms with van der Waals surface area (Å²) in [7, 11) is 0. The minimum absolute atomic E-state index is 0.00642. The summed E-state index contributed by atoms with van der Waals surface area (Å²) in [6, 6.07) is 11.3. The Morgan fingerprint density at radius 2 is 1.72 bits per heavy atom. The molecule has 0 radical (unpaired) electrons. The number of hydrogen-bond acceptors (Lipinski definition) is 2. The maximum atomic E-state index is 12.7. The Labute approximate surface area is 142 Å². The smallest absolute Gasteiger partial charge is 0.387 e. The van der Waals surface area contributed by atoms with Gasteiger partial charge < -0.3 is 15.7 Å². The summed E-state index contributed by atoms with van der Waals surface area (Å²) in [6.45, 7) is 0.00642. The molecule has 0 unspecified atom stereocenters. The van der Waals surface area contributed by atoms with Gasteiger partial charge in [-0.2, -0.15) is 13.2 Å². The number of carbonyl (C=O) groups excluding carboxylic acids is 1. The van der Waals surface area contributed by atoms with Gasteiger partial charge in [0, 0.05) is 25.1 Å². The van der Waals surface area contributed by atoms with E-state index in [1.54, 1.807) is 0 Å². The van der Waals surface area contributed by atoms with Crippen LogP contribution in [0.2, 0.25) is 0 Å². The van der Waals surface area contributed by atoms with E-state index in [4.69, 9.17) is 0 Å². The molecule has 0 bridgehead atoms. The van der Waals surface area contributed by atoms with Gasteiger partial charge in [-0.3, -0.25) is 0 Å². The number of alkyl halides is 3. The average molecular weight is 350 g/mol. The van der Waals surface area contributed by atoms with E-state index in [0.29, 0.717) is 12.8 Å². The lowest BCUT2D eigenvalue weighted by Gasteiger charge is -2.22. The minimum Gasteiger partial charge on any atom is -0.387 e. The Hall–Kier alpha value is -2.54. The van der Waals surface area contributed by atoms with Crippen LogP contribution in [0.1, 0.15) is 16.7 Å². The minimum atomic E-state index is -4.47. The number of halogens is 3. The fraction of sp³-hybridized carbons (Fsp3) is 0.278. The maximum absolute atomic E-state index is 12.7. The molecule has 2 amide bonds. The summed E-state index contributed by atoms with van der Waals surface area (Å²) in [6.07, 6.45) is -3.63. The Morgan fingerprint density at radius 3 is 2.32 bits per heavy atom. The molecule has 0 spiro atoms. The third-order valence-corrected chi connectivity index (χ3v) is 4.18. The topological polar surface area (TPSA) is 61.4 Å². The van der Waals surface area contributed by atoms with Crippen LogP contribution in [0.5, 0.6) is 0 Å². The van der Waals surface area contributed by atoms with Gasteiger partial charge >= 0.3 is 12.2 Å². The third kappa shape index (κ3) is 4.11. The Bertz CT molecular complexity index is 765. The second-order valence-electron chi connectivity index (χ2n) is 6.23. The van der Waals surface area contributed by atoms with Crippen LogP contribution < -0.4 is 10.6 Å². The zero-order chi connectivity index (χ0) is 18.1. The van der Waals surface area contributed by atoms with E-state index in [-0.39, 0.29) is 12.2 Å². The zero-order valence-corrected chi connectivity index (χ0v) is 13.2. The molecule has 0 saturated carbocycles. The number of fused-ring (bicyclic) bond motifs is 1. The highest BCUT2D eigenvalue weighted by Gasteiger charge is 2.35. The first-order valence-corrected chi connectivity index (χ1v) is 7.76. The van der Waals surface area contributed by atoms with Gasteiger partial charge in [-0.15, -0.1) is 0 Å². The molecule has 7 heteroatoms. The number of nitrogens with one attached hydrogen (secondary N) is 2. The van der Waals surface area contributed by atoms with Crippen LogP contribution in [-0.2, 0) is 19.0 Å². The van der Waals surface area contributed by atoms with Crippen molar-refractivity contribution in [3.05, 3.63) is 65.2 Å². The third-order valence-electron chi connectivity index (χ3n) is 4.18. The quantitative estimate of drug-likeness (QED) is 0.795. The highest BCUT2D eigenvalue weighted by Crippen LogP contribution is 2.31. The number of aliphatic hydroxyl groups is 1. The first-order chi connectivity index (χ1) is 11.8. The van der Waals surface area contributed by atoms with E-state index < -0.39 is 23.4 Å². The van der Waals surface area contributed by atoms with Crippen LogP contribution in [0.15, 0.2) is 48.5 Å². The monoisotopic (exact) mass is 350 g/mol. The van der Waals surface area contributed by atoms with Crippen LogP contribution in [-0.4, -0.2) is 23.3 Å². The molecule has 0 saturated heterocycles. The summed E-state index contributed by atoms with van der Waals surface area (Å²) in [5.41, 5.74) is 0.175. The number of benzene rings is 2. The summed E-state index contributed by atoms with van der Waals surface area (Å²) < 4.78 is 38.0. The molecule has 3 N–H and O–H groups in total. The van der Waals surface area contributed by atoms with Gasteiger partial charge in [0.2, 0.25) is 0 Å². The Morgan fingerprint density at radius 1 is 1.08 bits per heavy atom. The summed E-state index contributed by atoms with van der Waals surface area (Å²) in [5, 5.41) is 15.5. The molecular formula is C18H17F3N2O2. The molecule has 0 aliphatic heterocycles. The second kappa shape index (κ2) is 6.40. The van der Waals surface area contributed by atoms with Crippen LogP contribution >= 0.6 is 0 Å². The number of anilines is 1. The standard InChI is InChI=1S/C18H17F3N2O2/c19-18(20,21)14-6-3-7-15(8-14)23-16(24)22-11-17(25)9-12-4-1-2-5-13(12)10-17/h1-8,25H,9-11H2,(H2,22,23,24). The number of urea groups is 1. The van der Waals surface area contributed by atoms with E-state index in [0.717, 1.165) is 23.3 Å². The second-order valence-corrected chi connectivity index (χ2v) is 6.23.